The number of rotatable bonds is 6. The molecule has 0 atom stereocenters. The lowest BCUT2D eigenvalue weighted by Gasteiger charge is -2.09. The zero-order valence-corrected chi connectivity index (χ0v) is 15.8. The van der Waals surface area contributed by atoms with Crippen molar-refractivity contribution < 1.29 is 29.1 Å². The number of hydrogen-bond acceptors (Lipinski definition) is 8. The van der Waals surface area contributed by atoms with Crippen LogP contribution in [0.4, 0.5) is 5.69 Å². The number of hydrogen-bond donors (Lipinski definition) is 1. The van der Waals surface area contributed by atoms with Crippen molar-refractivity contribution in [3.05, 3.63) is 99.1 Å². The van der Waals surface area contributed by atoms with Crippen LogP contribution < -0.4 is 4.74 Å². The minimum absolute atomic E-state index is 0.00875. The lowest BCUT2D eigenvalue weighted by Crippen LogP contribution is -2.10. The second-order valence-corrected chi connectivity index (χ2v) is 6.26. The first-order valence-electron chi connectivity index (χ1n) is 8.83. The number of carbonyl (C=O) groups is 2. The Labute approximate surface area is 175 Å². The minimum Gasteiger partial charge on any atom is -0.507 e. The number of phenolic OH excluding ortho intramolecular Hbond substituents is 1. The molecule has 0 heterocycles. The summed E-state index contributed by atoms with van der Waals surface area (Å²) in [7, 11) is 0. The molecule has 9 heteroatoms. The van der Waals surface area contributed by atoms with Crippen molar-refractivity contribution >= 4 is 17.6 Å². The molecule has 0 saturated heterocycles. The Hall–Kier alpha value is -4.71. The normalized spacial score (nSPS) is 10.0. The van der Waals surface area contributed by atoms with E-state index in [1.54, 1.807) is 0 Å². The van der Waals surface area contributed by atoms with Gasteiger partial charge in [0.05, 0.1) is 22.1 Å². The number of nitrogens with zero attached hydrogens (tertiary/aromatic N) is 2. The monoisotopic (exact) mass is 418 g/mol. The van der Waals surface area contributed by atoms with Crippen molar-refractivity contribution in [2.45, 2.75) is 6.61 Å². The highest BCUT2D eigenvalue weighted by atomic mass is 16.6. The Bertz CT molecular complexity index is 1180. The molecule has 0 fully saturated rings. The summed E-state index contributed by atoms with van der Waals surface area (Å²) in [5.74, 6) is -1.94. The van der Waals surface area contributed by atoms with E-state index >= 15 is 0 Å². The van der Waals surface area contributed by atoms with Crippen LogP contribution in [-0.4, -0.2) is 22.0 Å². The van der Waals surface area contributed by atoms with Gasteiger partial charge < -0.3 is 14.6 Å². The maximum atomic E-state index is 12.3. The molecular formula is C22H14N2O7. The lowest BCUT2D eigenvalue weighted by molar-refractivity contribution is -0.384. The van der Waals surface area contributed by atoms with E-state index in [2.05, 4.69) is 0 Å². The quantitative estimate of drug-likeness (QED) is 0.276. The maximum Gasteiger partial charge on any atom is 0.343 e. The van der Waals surface area contributed by atoms with Crippen LogP contribution in [0.1, 0.15) is 31.8 Å². The maximum absolute atomic E-state index is 12.3. The molecule has 0 saturated carbocycles. The topological polar surface area (TPSA) is 140 Å². The van der Waals surface area contributed by atoms with Crippen LogP contribution in [0.2, 0.25) is 0 Å². The molecular weight excluding hydrogens is 404 g/mol. The van der Waals surface area contributed by atoms with E-state index in [0.29, 0.717) is 11.1 Å². The number of nitriles is 1. The molecule has 0 aliphatic rings. The number of ether oxygens (including phenoxy) is 2. The van der Waals surface area contributed by atoms with E-state index in [1.165, 1.54) is 60.7 Å². The Morgan fingerprint density at radius 3 is 2.29 bits per heavy atom. The molecule has 3 aromatic rings. The van der Waals surface area contributed by atoms with Gasteiger partial charge in [0.15, 0.2) is 0 Å². The van der Waals surface area contributed by atoms with Crippen molar-refractivity contribution in [3.8, 4) is 17.6 Å². The molecule has 0 aliphatic carbocycles. The number of nitro groups is 1. The lowest BCUT2D eigenvalue weighted by atomic mass is 10.1. The van der Waals surface area contributed by atoms with Gasteiger partial charge >= 0.3 is 11.9 Å². The van der Waals surface area contributed by atoms with E-state index < -0.39 is 16.9 Å². The first kappa shape index (κ1) is 21.0. The van der Waals surface area contributed by atoms with E-state index in [9.17, 15) is 24.8 Å². The third-order valence-corrected chi connectivity index (χ3v) is 4.17. The molecule has 154 valence electrons. The van der Waals surface area contributed by atoms with Crippen LogP contribution in [0.15, 0.2) is 66.7 Å². The van der Waals surface area contributed by atoms with Crippen LogP contribution in [0, 0.1) is 21.4 Å². The van der Waals surface area contributed by atoms with Crippen LogP contribution in [0.5, 0.6) is 11.5 Å². The summed E-state index contributed by atoms with van der Waals surface area (Å²) in [5.41, 5.74) is 0.798. The first-order valence-corrected chi connectivity index (χ1v) is 8.83. The van der Waals surface area contributed by atoms with Gasteiger partial charge in [0.1, 0.15) is 23.7 Å². The van der Waals surface area contributed by atoms with Gasteiger partial charge in [0, 0.05) is 12.1 Å². The van der Waals surface area contributed by atoms with Gasteiger partial charge in [-0.2, -0.15) is 5.26 Å². The summed E-state index contributed by atoms with van der Waals surface area (Å²) >= 11 is 0. The van der Waals surface area contributed by atoms with E-state index in [4.69, 9.17) is 14.7 Å². The van der Waals surface area contributed by atoms with Crippen LogP contribution in [0.25, 0.3) is 0 Å². The number of benzene rings is 3. The predicted molar refractivity (Wildman–Crippen MR) is 106 cm³/mol. The second-order valence-electron chi connectivity index (χ2n) is 6.26. The molecule has 3 rings (SSSR count). The van der Waals surface area contributed by atoms with Gasteiger partial charge in [-0.25, -0.2) is 9.59 Å². The van der Waals surface area contributed by atoms with E-state index in [-0.39, 0.29) is 34.9 Å². The van der Waals surface area contributed by atoms with Crippen molar-refractivity contribution in [1.29, 1.82) is 5.26 Å². The van der Waals surface area contributed by atoms with Crippen molar-refractivity contribution in [2.24, 2.45) is 0 Å². The summed E-state index contributed by atoms with van der Waals surface area (Å²) in [6.07, 6.45) is 0. The fourth-order valence-electron chi connectivity index (χ4n) is 2.53. The first-order chi connectivity index (χ1) is 14.9. The van der Waals surface area contributed by atoms with E-state index in [0.717, 1.165) is 6.07 Å². The third-order valence-electron chi connectivity index (χ3n) is 4.17. The van der Waals surface area contributed by atoms with Gasteiger partial charge in [0.2, 0.25) is 0 Å². The van der Waals surface area contributed by atoms with Crippen LogP contribution >= 0.6 is 0 Å². The summed E-state index contributed by atoms with van der Waals surface area (Å²) in [5, 5.41) is 29.4. The summed E-state index contributed by atoms with van der Waals surface area (Å²) in [6.45, 7) is -0.175. The number of aromatic hydroxyl groups is 1. The van der Waals surface area contributed by atoms with Crippen LogP contribution in [-0.2, 0) is 11.3 Å². The van der Waals surface area contributed by atoms with Crippen molar-refractivity contribution in [3.63, 3.8) is 0 Å². The highest BCUT2D eigenvalue weighted by Gasteiger charge is 2.17. The predicted octanol–water partition coefficient (Wildman–Crippen LogP) is 3.75. The molecule has 3 aromatic carbocycles. The summed E-state index contributed by atoms with van der Waals surface area (Å²) in [4.78, 5) is 34.7. The molecule has 0 bridgehead atoms. The Morgan fingerprint density at radius 2 is 1.68 bits per heavy atom. The SMILES string of the molecule is N#Cc1ccc(C(=O)Oc2ccc(O)c(C(=O)OCc3ccc([N+](=O)[O-])cc3)c2)cc1. The minimum atomic E-state index is -0.868. The fourth-order valence-corrected chi connectivity index (χ4v) is 2.53. The highest BCUT2D eigenvalue weighted by Crippen LogP contribution is 2.25. The van der Waals surface area contributed by atoms with Gasteiger partial charge in [-0.05, 0) is 60.2 Å². The standard InChI is InChI=1S/C22H14N2O7/c23-12-14-1-5-16(6-2-14)21(26)31-18-9-10-20(25)19(11-18)22(27)30-13-15-3-7-17(8-4-15)24(28)29/h1-11,25H,13H2. The molecule has 0 amide bonds. The Kier molecular flexibility index (Phi) is 6.23. The molecule has 0 aliphatic heterocycles. The largest absolute Gasteiger partial charge is 0.507 e. The zero-order chi connectivity index (χ0) is 22.4. The zero-order valence-electron chi connectivity index (χ0n) is 15.8. The number of carbonyl (C=O) groups excluding carboxylic acids is 2. The average molecular weight is 418 g/mol. The number of non-ortho nitro benzene ring substituents is 1. The molecule has 9 nitrogen and oxygen atoms in total. The van der Waals surface area contributed by atoms with Crippen molar-refractivity contribution in [1.82, 2.24) is 0 Å². The number of phenols is 1. The molecule has 0 radical (unpaired) electrons. The molecule has 0 unspecified atom stereocenters. The average Bonchev–Trinajstić information content (AvgIpc) is 2.79. The van der Waals surface area contributed by atoms with E-state index in [1.807, 2.05) is 6.07 Å². The smallest absolute Gasteiger partial charge is 0.343 e. The number of esters is 2. The fraction of sp³-hybridized carbons (Fsp3) is 0.0455. The third kappa shape index (κ3) is 5.21. The highest BCUT2D eigenvalue weighted by molar-refractivity contribution is 5.94. The molecule has 0 aromatic heterocycles. The molecule has 31 heavy (non-hydrogen) atoms. The van der Waals surface area contributed by atoms with Crippen LogP contribution in [0.3, 0.4) is 0 Å². The Balaban J connectivity index is 1.67. The van der Waals surface area contributed by atoms with Crippen molar-refractivity contribution in [2.75, 3.05) is 0 Å². The van der Waals surface area contributed by atoms with Gasteiger partial charge in [0.25, 0.3) is 5.69 Å². The summed E-state index contributed by atoms with van der Waals surface area (Å²) < 4.78 is 10.3. The summed E-state index contributed by atoms with van der Waals surface area (Å²) in [6, 6.07) is 16.8. The number of nitro benzene ring substituents is 1. The molecule has 0 spiro atoms. The molecule has 1 N–H and O–H groups in total. The van der Waals surface area contributed by atoms with Gasteiger partial charge in [-0.1, -0.05) is 0 Å². The van der Waals surface area contributed by atoms with Gasteiger partial charge in [-0.3, -0.25) is 10.1 Å². The van der Waals surface area contributed by atoms with Gasteiger partial charge in [-0.15, -0.1) is 0 Å². The second kappa shape index (κ2) is 9.19. The Morgan fingerprint density at radius 1 is 1.00 bits per heavy atom.